The van der Waals surface area contributed by atoms with E-state index in [9.17, 15) is 4.79 Å². The second-order valence-corrected chi connectivity index (χ2v) is 7.88. The fourth-order valence-corrected chi connectivity index (χ4v) is 3.97. The van der Waals surface area contributed by atoms with E-state index in [0.717, 1.165) is 49.7 Å². The van der Waals surface area contributed by atoms with Gasteiger partial charge in [0.05, 0.1) is 5.52 Å². The standard InChI is InChI=1S/C21H31N3O/c1-5-16(4)19-13-24(20-6-9-22-12-18(19)20)14-21(25)23-10-7-17(8-11-23)15(2)3/h6,9,12-13,15-17H,5,7-8,10-11,14H2,1-4H3. The lowest BCUT2D eigenvalue weighted by Crippen LogP contribution is -2.41. The first-order valence-electron chi connectivity index (χ1n) is 9.71. The maximum atomic E-state index is 12.8. The van der Waals surface area contributed by atoms with Crippen LogP contribution in [-0.2, 0) is 11.3 Å². The van der Waals surface area contributed by atoms with Crippen LogP contribution in [0.3, 0.4) is 0 Å². The number of hydrogen-bond acceptors (Lipinski definition) is 2. The van der Waals surface area contributed by atoms with Crippen LogP contribution in [0.4, 0.5) is 0 Å². The van der Waals surface area contributed by atoms with Crippen LogP contribution in [0.5, 0.6) is 0 Å². The minimum absolute atomic E-state index is 0.242. The highest BCUT2D eigenvalue weighted by atomic mass is 16.2. The van der Waals surface area contributed by atoms with Crippen molar-refractivity contribution in [3.05, 3.63) is 30.2 Å². The van der Waals surface area contributed by atoms with E-state index in [1.807, 2.05) is 18.5 Å². The summed E-state index contributed by atoms with van der Waals surface area (Å²) in [6, 6.07) is 2.03. The molecule has 1 fully saturated rings. The second kappa shape index (κ2) is 7.59. The Kier molecular flexibility index (Phi) is 5.45. The molecule has 0 N–H and O–H groups in total. The van der Waals surface area contributed by atoms with Gasteiger partial charge >= 0.3 is 0 Å². The Balaban J connectivity index is 1.76. The van der Waals surface area contributed by atoms with E-state index < -0.39 is 0 Å². The number of pyridine rings is 1. The normalized spacial score (nSPS) is 17.4. The van der Waals surface area contributed by atoms with Crippen LogP contribution >= 0.6 is 0 Å². The summed E-state index contributed by atoms with van der Waals surface area (Å²) in [5.74, 6) is 2.20. The lowest BCUT2D eigenvalue weighted by Gasteiger charge is -2.34. The van der Waals surface area contributed by atoms with Crippen LogP contribution in [0.25, 0.3) is 10.9 Å². The summed E-state index contributed by atoms with van der Waals surface area (Å²) in [7, 11) is 0. The molecule has 0 aliphatic carbocycles. The molecule has 4 heteroatoms. The molecule has 4 nitrogen and oxygen atoms in total. The van der Waals surface area contributed by atoms with Crippen LogP contribution in [0.15, 0.2) is 24.7 Å². The third-order valence-electron chi connectivity index (χ3n) is 6.00. The molecular weight excluding hydrogens is 310 g/mol. The number of hydrogen-bond donors (Lipinski definition) is 0. The SMILES string of the molecule is CCC(C)c1cn(CC(=O)N2CCC(C(C)C)CC2)c2ccncc12. The first-order valence-corrected chi connectivity index (χ1v) is 9.71. The first-order chi connectivity index (χ1) is 12.0. The van der Waals surface area contributed by atoms with E-state index in [1.54, 1.807) is 0 Å². The van der Waals surface area contributed by atoms with Gasteiger partial charge in [0.2, 0.25) is 5.91 Å². The number of piperidine rings is 1. The molecule has 1 aliphatic heterocycles. The minimum atomic E-state index is 0.242. The molecule has 136 valence electrons. The van der Waals surface area contributed by atoms with Gasteiger partial charge in [-0.1, -0.05) is 27.7 Å². The Morgan fingerprint density at radius 2 is 2.00 bits per heavy atom. The smallest absolute Gasteiger partial charge is 0.242 e. The summed E-state index contributed by atoms with van der Waals surface area (Å²) < 4.78 is 2.12. The number of rotatable bonds is 5. The summed E-state index contributed by atoms with van der Waals surface area (Å²) in [6.45, 7) is 11.3. The van der Waals surface area contributed by atoms with Gasteiger partial charge in [0.1, 0.15) is 6.54 Å². The Labute approximate surface area is 151 Å². The van der Waals surface area contributed by atoms with Gasteiger partial charge in [-0.2, -0.15) is 0 Å². The molecular formula is C21H31N3O. The summed E-state index contributed by atoms with van der Waals surface area (Å²) in [6.07, 6.45) is 9.28. The van der Waals surface area contributed by atoms with Crippen LogP contribution < -0.4 is 0 Å². The van der Waals surface area contributed by atoms with E-state index >= 15 is 0 Å². The largest absolute Gasteiger partial charge is 0.341 e. The van der Waals surface area contributed by atoms with Crippen molar-refractivity contribution in [2.45, 2.75) is 59.4 Å². The number of likely N-dealkylation sites (tertiary alicyclic amines) is 1. The highest BCUT2D eigenvalue weighted by molar-refractivity contribution is 5.86. The maximum absolute atomic E-state index is 12.8. The van der Waals surface area contributed by atoms with Gasteiger partial charge in [-0.05, 0) is 48.6 Å². The van der Waals surface area contributed by atoms with Crippen LogP contribution in [-0.4, -0.2) is 33.4 Å². The van der Waals surface area contributed by atoms with Gasteiger partial charge < -0.3 is 9.47 Å². The Hall–Kier alpha value is -1.84. The molecule has 1 aliphatic rings. The number of carbonyl (C=O) groups is 1. The fraction of sp³-hybridized carbons (Fsp3) is 0.619. The first kappa shape index (κ1) is 18.0. The number of nitrogens with zero attached hydrogens (tertiary/aromatic N) is 3. The average Bonchev–Trinajstić information content (AvgIpc) is 3.00. The maximum Gasteiger partial charge on any atom is 0.242 e. The Morgan fingerprint density at radius 1 is 1.28 bits per heavy atom. The van der Waals surface area contributed by atoms with Gasteiger partial charge in [-0.15, -0.1) is 0 Å². The monoisotopic (exact) mass is 341 g/mol. The van der Waals surface area contributed by atoms with E-state index in [1.165, 1.54) is 10.9 Å². The molecule has 3 heterocycles. The topological polar surface area (TPSA) is 38.1 Å². The Morgan fingerprint density at radius 3 is 2.64 bits per heavy atom. The molecule has 0 aromatic carbocycles. The molecule has 1 atom stereocenters. The highest BCUT2D eigenvalue weighted by Crippen LogP contribution is 2.29. The van der Waals surface area contributed by atoms with Crippen molar-refractivity contribution in [1.82, 2.24) is 14.5 Å². The molecule has 2 aromatic heterocycles. The molecule has 1 unspecified atom stereocenters. The zero-order valence-electron chi connectivity index (χ0n) is 16.0. The van der Waals surface area contributed by atoms with E-state index in [4.69, 9.17) is 0 Å². The van der Waals surface area contributed by atoms with Crippen molar-refractivity contribution in [1.29, 1.82) is 0 Å². The number of carbonyl (C=O) groups excluding carboxylic acids is 1. The molecule has 2 aromatic rings. The lowest BCUT2D eigenvalue weighted by molar-refractivity contribution is -0.133. The Bertz CT molecular complexity index is 726. The predicted molar refractivity (Wildman–Crippen MR) is 103 cm³/mol. The van der Waals surface area contributed by atoms with Crippen molar-refractivity contribution in [2.75, 3.05) is 13.1 Å². The number of amides is 1. The molecule has 0 bridgehead atoms. The average molecular weight is 341 g/mol. The van der Waals surface area contributed by atoms with E-state index in [-0.39, 0.29) is 5.91 Å². The van der Waals surface area contributed by atoms with Gasteiger partial charge in [0.15, 0.2) is 0 Å². The number of fused-ring (bicyclic) bond motifs is 1. The molecule has 0 saturated carbocycles. The van der Waals surface area contributed by atoms with Gasteiger partial charge in [0, 0.05) is 37.1 Å². The van der Waals surface area contributed by atoms with Gasteiger partial charge in [0.25, 0.3) is 0 Å². The highest BCUT2D eigenvalue weighted by Gasteiger charge is 2.25. The van der Waals surface area contributed by atoms with Crippen LogP contribution in [0, 0.1) is 11.8 Å². The van der Waals surface area contributed by atoms with Crippen molar-refractivity contribution < 1.29 is 4.79 Å². The van der Waals surface area contributed by atoms with E-state index in [0.29, 0.717) is 12.5 Å². The predicted octanol–water partition coefficient (Wildman–Crippen LogP) is 4.44. The summed E-state index contributed by atoms with van der Waals surface area (Å²) in [4.78, 5) is 19.2. The van der Waals surface area contributed by atoms with Gasteiger partial charge in [-0.25, -0.2) is 0 Å². The quantitative estimate of drug-likeness (QED) is 0.806. The summed E-state index contributed by atoms with van der Waals surface area (Å²) in [5.41, 5.74) is 2.42. The second-order valence-electron chi connectivity index (χ2n) is 7.88. The summed E-state index contributed by atoms with van der Waals surface area (Å²) >= 11 is 0. The molecule has 0 radical (unpaired) electrons. The summed E-state index contributed by atoms with van der Waals surface area (Å²) in [5, 5.41) is 1.18. The van der Waals surface area contributed by atoms with Crippen molar-refractivity contribution in [2.24, 2.45) is 11.8 Å². The van der Waals surface area contributed by atoms with Crippen molar-refractivity contribution in [3.63, 3.8) is 0 Å². The molecule has 0 spiro atoms. The van der Waals surface area contributed by atoms with Gasteiger partial charge in [-0.3, -0.25) is 9.78 Å². The molecule has 25 heavy (non-hydrogen) atoms. The minimum Gasteiger partial charge on any atom is -0.341 e. The molecule has 1 saturated heterocycles. The third-order valence-corrected chi connectivity index (χ3v) is 6.00. The van der Waals surface area contributed by atoms with Crippen LogP contribution in [0.2, 0.25) is 0 Å². The molecule has 1 amide bonds. The number of aromatic nitrogens is 2. The van der Waals surface area contributed by atoms with Crippen molar-refractivity contribution in [3.8, 4) is 0 Å². The van der Waals surface area contributed by atoms with Crippen molar-refractivity contribution >= 4 is 16.8 Å². The molecule has 3 rings (SSSR count). The lowest BCUT2D eigenvalue weighted by atomic mass is 9.87. The van der Waals surface area contributed by atoms with E-state index in [2.05, 4.69) is 48.3 Å². The zero-order chi connectivity index (χ0) is 18.0. The zero-order valence-corrected chi connectivity index (χ0v) is 16.0. The third kappa shape index (κ3) is 3.73. The van der Waals surface area contributed by atoms with Crippen LogP contribution in [0.1, 0.15) is 58.4 Å². The fourth-order valence-electron chi connectivity index (χ4n) is 3.97.